The minimum absolute atomic E-state index is 0.691. The van der Waals surface area contributed by atoms with Crippen molar-refractivity contribution in [1.29, 1.82) is 0 Å². The third kappa shape index (κ3) is 2.72. The first kappa shape index (κ1) is 15.8. The molecule has 0 aliphatic heterocycles. The Bertz CT molecular complexity index is 673. The molecule has 0 aliphatic carbocycles. The molecular weight excluding hydrogens is 276 g/mol. The van der Waals surface area contributed by atoms with Crippen molar-refractivity contribution < 1.29 is 9.59 Å². The van der Waals surface area contributed by atoms with Gasteiger partial charge in [-0.2, -0.15) is 0 Å². The van der Waals surface area contributed by atoms with Gasteiger partial charge in [0.2, 0.25) is 12.8 Å². The van der Waals surface area contributed by atoms with Gasteiger partial charge < -0.3 is 10.6 Å². The van der Waals surface area contributed by atoms with E-state index in [0.717, 1.165) is 44.8 Å². The third-order valence-electron chi connectivity index (χ3n) is 4.29. The van der Waals surface area contributed by atoms with Crippen LogP contribution in [0.5, 0.6) is 0 Å². The lowest BCUT2D eigenvalue weighted by Crippen LogP contribution is -2.01. The molecule has 2 amide bonds. The summed E-state index contributed by atoms with van der Waals surface area (Å²) >= 11 is 0. The van der Waals surface area contributed by atoms with Crippen LogP contribution in [0.25, 0.3) is 11.1 Å². The van der Waals surface area contributed by atoms with Gasteiger partial charge in [-0.15, -0.1) is 0 Å². The number of carbonyl (C=O) groups excluding carboxylic acids is 2. The Morgan fingerprint density at radius 3 is 1.32 bits per heavy atom. The van der Waals surface area contributed by atoms with Crippen LogP contribution >= 0.6 is 0 Å². The molecule has 2 N–H and O–H groups in total. The van der Waals surface area contributed by atoms with Crippen molar-refractivity contribution in [2.75, 3.05) is 10.6 Å². The Morgan fingerprint density at radius 2 is 1.00 bits per heavy atom. The van der Waals surface area contributed by atoms with Crippen molar-refractivity contribution in [3.05, 3.63) is 46.5 Å². The van der Waals surface area contributed by atoms with Gasteiger partial charge in [0.05, 0.1) is 0 Å². The summed E-state index contributed by atoms with van der Waals surface area (Å²) in [5.74, 6) is 0. The lowest BCUT2D eigenvalue weighted by Gasteiger charge is -2.17. The molecule has 2 aromatic rings. The van der Waals surface area contributed by atoms with Gasteiger partial charge in [0, 0.05) is 11.4 Å². The molecule has 0 spiro atoms. The fourth-order valence-corrected chi connectivity index (χ4v) is 2.66. The van der Waals surface area contributed by atoms with E-state index in [9.17, 15) is 9.59 Å². The van der Waals surface area contributed by atoms with Crippen LogP contribution in [-0.2, 0) is 9.59 Å². The second-order valence-electron chi connectivity index (χ2n) is 5.35. The van der Waals surface area contributed by atoms with E-state index in [1.54, 1.807) is 0 Å². The smallest absolute Gasteiger partial charge is 0.211 e. The summed E-state index contributed by atoms with van der Waals surface area (Å²) < 4.78 is 0. The van der Waals surface area contributed by atoms with Gasteiger partial charge in [-0.05, 0) is 73.2 Å². The fourth-order valence-electron chi connectivity index (χ4n) is 2.66. The van der Waals surface area contributed by atoms with Gasteiger partial charge in [0.15, 0.2) is 0 Å². The minimum atomic E-state index is 0.691. The highest BCUT2D eigenvalue weighted by atomic mass is 16.1. The summed E-state index contributed by atoms with van der Waals surface area (Å²) in [6, 6.07) is 7.86. The molecule has 0 saturated heterocycles. The maximum absolute atomic E-state index is 10.6. The second kappa shape index (κ2) is 6.43. The number of benzene rings is 2. The Kier molecular flexibility index (Phi) is 4.61. The normalized spacial score (nSPS) is 10.2. The summed E-state index contributed by atoms with van der Waals surface area (Å²) in [5.41, 5.74) is 8.28. The van der Waals surface area contributed by atoms with Gasteiger partial charge in [-0.3, -0.25) is 9.59 Å². The molecule has 0 bridgehead atoms. The van der Waals surface area contributed by atoms with E-state index in [1.807, 2.05) is 52.0 Å². The van der Waals surface area contributed by atoms with E-state index in [1.165, 1.54) is 0 Å². The first-order valence-corrected chi connectivity index (χ1v) is 7.12. The van der Waals surface area contributed by atoms with Crippen LogP contribution in [0.15, 0.2) is 24.3 Å². The predicted molar refractivity (Wildman–Crippen MR) is 90.2 cm³/mol. The monoisotopic (exact) mass is 296 g/mol. The molecule has 2 rings (SSSR count). The molecule has 0 aromatic heterocycles. The fraction of sp³-hybridized carbons (Fsp3) is 0.222. The van der Waals surface area contributed by atoms with Crippen LogP contribution in [0.3, 0.4) is 0 Å². The van der Waals surface area contributed by atoms with Crippen molar-refractivity contribution in [3.63, 3.8) is 0 Å². The van der Waals surface area contributed by atoms with Crippen LogP contribution < -0.4 is 10.6 Å². The minimum Gasteiger partial charge on any atom is -0.328 e. The zero-order chi connectivity index (χ0) is 16.3. The molecule has 0 saturated carbocycles. The summed E-state index contributed by atoms with van der Waals surface area (Å²) in [6.07, 6.45) is 1.38. The Labute approximate surface area is 130 Å². The number of hydrogen-bond donors (Lipinski definition) is 2. The van der Waals surface area contributed by atoms with Crippen molar-refractivity contribution in [2.45, 2.75) is 27.7 Å². The lowest BCUT2D eigenvalue weighted by atomic mass is 9.91. The molecule has 4 heteroatoms. The molecule has 0 heterocycles. The largest absolute Gasteiger partial charge is 0.328 e. The van der Waals surface area contributed by atoms with Gasteiger partial charge in [0.25, 0.3) is 0 Å². The van der Waals surface area contributed by atoms with Crippen LogP contribution in [0.4, 0.5) is 11.4 Å². The highest BCUT2D eigenvalue weighted by molar-refractivity contribution is 5.83. The molecule has 0 fully saturated rings. The number of carbonyl (C=O) groups is 2. The predicted octanol–water partition coefficient (Wildman–Crippen LogP) is 3.72. The van der Waals surface area contributed by atoms with Crippen LogP contribution in [0.1, 0.15) is 22.3 Å². The van der Waals surface area contributed by atoms with E-state index >= 15 is 0 Å². The highest BCUT2D eigenvalue weighted by Gasteiger charge is 2.12. The molecule has 0 aliphatic rings. The molecule has 0 radical (unpaired) electrons. The standard InChI is InChI=1S/C18H20N2O2/c1-11-13(3)17(19-9-21)7-5-15(11)16-6-8-18(20-10-22)14(4)12(16)2/h5-10H,1-4H3,(H,19,21)(H,20,22). The van der Waals surface area contributed by atoms with E-state index in [2.05, 4.69) is 10.6 Å². The van der Waals surface area contributed by atoms with Crippen molar-refractivity contribution >= 4 is 24.2 Å². The quantitative estimate of drug-likeness (QED) is 0.826. The summed E-state index contributed by atoms with van der Waals surface area (Å²) in [7, 11) is 0. The average molecular weight is 296 g/mol. The van der Waals surface area contributed by atoms with Crippen molar-refractivity contribution in [1.82, 2.24) is 0 Å². The average Bonchev–Trinajstić information content (AvgIpc) is 2.50. The van der Waals surface area contributed by atoms with Crippen molar-refractivity contribution in [2.24, 2.45) is 0 Å². The first-order valence-electron chi connectivity index (χ1n) is 7.12. The number of amides is 2. The summed E-state index contributed by atoms with van der Waals surface area (Å²) in [4.78, 5) is 21.3. The van der Waals surface area contributed by atoms with Gasteiger partial charge in [-0.1, -0.05) is 12.1 Å². The van der Waals surface area contributed by atoms with Gasteiger partial charge >= 0.3 is 0 Å². The zero-order valence-corrected chi connectivity index (χ0v) is 13.3. The third-order valence-corrected chi connectivity index (χ3v) is 4.29. The maximum atomic E-state index is 10.6. The number of rotatable bonds is 5. The maximum Gasteiger partial charge on any atom is 0.211 e. The molecule has 4 nitrogen and oxygen atoms in total. The lowest BCUT2D eigenvalue weighted by molar-refractivity contribution is -0.106. The Balaban J connectivity index is 2.57. The molecule has 0 unspecified atom stereocenters. The topological polar surface area (TPSA) is 58.2 Å². The SMILES string of the molecule is Cc1c(NC=O)ccc(-c2ccc(NC=O)c(C)c2C)c1C. The van der Waals surface area contributed by atoms with E-state index in [-0.39, 0.29) is 0 Å². The van der Waals surface area contributed by atoms with Crippen molar-refractivity contribution in [3.8, 4) is 11.1 Å². The Morgan fingerprint density at radius 1 is 0.636 bits per heavy atom. The van der Waals surface area contributed by atoms with Gasteiger partial charge in [-0.25, -0.2) is 0 Å². The molecular formula is C18H20N2O2. The molecule has 0 atom stereocenters. The molecule has 2 aromatic carbocycles. The number of nitrogens with one attached hydrogen (secondary N) is 2. The van der Waals surface area contributed by atoms with Gasteiger partial charge in [0.1, 0.15) is 0 Å². The number of anilines is 2. The number of hydrogen-bond acceptors (Lipinski definition) is 2. The van der Waals surface area contributed by atoms with Crippen LogP contribution in [0, 0.1) is 27.7 Å². The van der Waals surface area contributed by atoms with E-state index < -0.39 is 0 Å². The zero-order valence-electron chi connectivity index (χ0n) is 13.3. The summed E-state index contributed by atoms with van der Waals surface area (Å²) in [6.45, 7) is 8.09. The van der Waals surface area contributed by atoms with Crippen LogP contribution in [-0.4, -0.2) is 12.8 Å². The van der Waals surface area contributed by atoms with Crippen LogP contribution in [0.2, 0.25) is 0 Å². The highest BCUT2D eigenvalue weighted by Crippen LogP contribution is 2.34. The molecule has 114 valence electrons. The second-order valence-corrected chi connectivity index (χ2v) is 5.35. The summed E-state index contributed by atoms with van der Waals surface area (Å²) in [5, 5.41) is 5.44. The van der Waals surface area contributed by atoms with E-state index in [0.29, 0.717) is 12.8 Å². The van der Waals surface area contributed by atoms with E-state index in [4.69, 9.17) is 0 Å². The molecule has 22 heavy (non-hydrogen) atoms. The Hall–Kier alpha value is -2.62. The first-order chi connectivity index (χ1) is 10.5.